The van der Waals surface area contributed by atoms with E-state index >= 15 is 0 Å². The average Bonchev–Trinajstić information content (AvgIpc) is 1.60. The number of rotatable bonds is 2. The van der Waals surface area contributed by atoms with Gasteiger partial charge in [0.15, 0.2) is 0 Å². The topological polar surface area (TPSA) is 17.1 Å². The molecule has 0 aromatic rings. The maximum absolute atomic E-state index is 11.6. The summed E-state index contributed by atoms with van der Waals surface area (Å²) in [6.07, 6.45) is 1.71. The van der Waals surface area contributed by atoms with E-state index in [9.17, 15) is 4.57 Å². The predicted molar refractivity (Wildman–Crippen MR) is 48.4 cm³/mol. The summed E-state index contributed by atoms with van der Waals surface area (Å²) < 4.78 is 11.6. The zero-order valence-electron chi connectivity index (χ0n) is 7.77. The Morgan fingerprint density at radius 1 is 1.30 bits per heavy atom. The molecule has 0 radical (unpaired) electrons. The van der Waals surface area contributed by atoms with Crippen LogP contribution in [0.1, 0.15) is 27.7 Å². The van der Waals surface area contributed by atoms with Crippen LogP contribution in [-0.2, 0) is 4.57 Å². The SMILES string of the molecule is CCP(C)(=O)CC(C)(C)C. The minimum absolute atomic E-state index is 0.223. The van der Waals surface area contributed by atoms with Gasteiger partial charge in [-0.3, -0.25) is 0 Å². The van der Waals surface area contributed by atoms with Crippen LogP contribution >= 0.6 is 7.14 Å². The normalized spacial score (nSPS) is 18.5. The maximum Gasteiger partial charge on any atom is 0.0850 e. The van der Waals surface area contributed by atoms with E-state index in [-0.39, 0.29) is 5.41 Å². The third-order valence-electron chi connectivity index (χ3n) is 1.48. The first-order valence-corrected chi connectivity index (χ1v) is 6.35. The molecule has 0 amide bonds. The van der Waals surface area contributed by atoms with Gasteiger partial charge < -0.3 is 4.57 Å². The molecule has 0 bridgehead atoms. The Morgan fingerprint density at radius 3 is 1.80 bits per heavy atom. The van der Waals surface area contributed by atoms with Crippen molar-refractivity contribution in [1.29, 1.82) is 0 Å². The molecule has 0 heterocycles. The molecule has 0 saturated carbocycles. The first-order chi connectivity index (χ1) is 4.27. The molecule has 0 N–H and O–H groups in total. The second kappa shape index (κ2) is 3.09. The standard InChI is InChI=1S/C8H19OP/c1-6-10(5,9)7-8(2,3)4/h6-7H2,1-5H3. The van der Waals surface area contributed by atoms with Gasteiger partial charge in [0.05, 0.1) is 7.14 Å². The fourth-order valence-electron chi connectivity index (χ4n) is 1.12. The summed E-state index contributed by atoms with van der Waals surface area (Å²) in [7, 11) is -1.79. The average molecular weight is 162 g/mol. The van der Waals surface area contributed by atoms with Crippen molar-refractivity contribution in [1.82, 2.24) is 0 Å². The molecule has 1 nitrogen and oxygen atoms in total. The third kappa shape index (κ3) is 5.05. The van der Waals surface area contributed by atoms with Gasteiger partial charge in [0.2, 0.25) is 0 Å². The van der Waals surface area contributed by atoms with E-state index in [1.165, 1.54) is 0 Å². The molecule has 2 heteroatoms. The molecule has 0 aromatic heterocycles. The smallest absolute Gasteiger partial charge is 0.0850 e. The maximum atomic E-state index is 11.6. The van der Waals surface area contributed by atoms with Crippen LogP contribution in [0.25, 0.3) is 0 Å². The third-order valence-corrected chi connectivity index (χ3v) is 4.43. The highest BCUT2D eigenvalue weighted by Crippen LogP contribution is 2.45. The van der Waals surface area contributed by atoms with Crippen molar-refractivity contribution < 1.29 is 4.57 Å². The van der Waals surface area contributed by atoms with Gasteiger partial charge in [-0.2, -0.15) is 0 Å². The fraction of sp³-hybridized carbons (Fsp3) is 1.00. The van der Waals surface area contributed by atoms with Crippen LogP contribution in [0.4, 0.5) is 0 Å². The minimum atomic E-state index is -1.79. The van der Waals surface area contributed by atoms with Gasteiger partial charge in [-0.1, -0.05) is 27.7 Å². The van der Waals surface area contributed by atoms with E-state index in [4.69, 9.17) is 0 Å². The van der Waals surface area contributed by atoms with Crippen molar-refractivity contribution in [2.24, 2.45) is 5.41 Å². The predicted octanol–water partition coefficient (Wildman–Crippen LogP) is 3.05. The van der Waals surface area contributed by atoms with Crippen LogP contribution in [-0.4, -0.2) is 19.0 Å². The molecule has 0 aliphatic carbocycles. The summed E-state index contributed by atoms with van der Waals surface area (Å²) in [5.74, 6) is 0. The van der Waals surface area contributed by atoms with E-state index in [0.29, 0.717) is 0 Å². The summed E-state index contributed by atoms with van der Waals surface area (Å²) in [6, 6.07) is 0. The molecule has 0 rings (SSSR count). The molecule has 1 atom stereocenters. The second-order valence-electron chi connectivity index (χ2n) is 4.33. The van der Waals surface area contributed by atoms with Gasteiger partial charge in [0.25, 0.3) is 0 Å². The van der Waals surface area contributed by atoms with E-state index in [1.54, 1.807) is 0 Å². The highest BCUT2D eigenvalue weighted by Gasteiger charge is 2.21. The summed E-state index contributed by atoms with van der Waals surface area (Å²) in [4.78, 5) is 0. The van der Waals surface area contributed by atoms with Crippen LogP contribution in [0, 0.1) is 5.41 Å². The zero-order valence-corrected chi connectivity index (χ0v) is 8.66. The molecular weight excluding hydrogens is 143 g/mol. The van der Waals surface area contributed by atoms with Crippen LogP contribution in [0.15, 0.2) is 0 Å². The Hall–Kier alpha value is 0.230. The summed E-state index contributed by atoms with van der Waals surface area (Å²) in [6.45, 7) is 10.3. The Bertz CT molecular complexity index is 144. The molecule has 0 aliphatic heterocycles. The number of hydrogen-bond donors (Lipinski definition) is 0. The quantitative estimate of drug-likeness (QED) is 0.570. The Labute approximate surface area is 64.6 Å². The largest absolute Gasteiger partial charge is 0.324 e. The summed E-state index contributed by atoms with van der Waals surface area (Å²) >= 11 is 0. The molecule has 0 aromatic carbocycles. The Kier molecular flexibility index (Phi) is 3.16. The molecular formula is C8H19OP. The Morgan fingerprint density at radius 2 is 1.70 bits per heavy atom. The summed E-state index contributed by atoms with van der Waals surface area (Å²) in [5, 5.41) is 0. The van der Waals surface area contributed by atoms with Crippen LogP contribution in [0.2, 0.25) is 0 Å². The van der Waals surface area contributed by atoms with E-state index in [0.717, 1.165) is 12.3 Å². The Balaban J connectivity index is 4.03. The molecule has 10 heavy (non-hydrogen) atoms. The number of hydrogen-bond acceptors (Lipinski definition) is 1. The van der Waals surface area contributed by atoms with Crippen LogP contribution < -0.4 is 0 Å². The molecule has 0 spiro atoms. The van der Waals surface area contributed by atoms with Gasteiger partial charge in [-0.15, -0.1) is 0 Å². The lowest BCUT2D eigenvalue weighted by Crippen LogP contribution is -2.12. The van der Waals surface area contributed by atoms with Crippen molar-refractivity contribution in [2.75, 3.05) is 19.0 Å². The van der Waals surface area contributed by atoms with Crippen molar-refractivity contribution in [3.05, 3.63) is 0 Å². The first-order valence-electron chi connectivity index (χ1n) is 3.82. The lowest BCUT2D eigenvalue weighted by atomic mass is 10.0. The molecule has 0 saturated heterocycles. The fourth-order valence-corrected chi connectivity index (χ4v) is 3.35. The molecule has 1 unspecified atom stereocenters. The molecule has 0 aliphatic rings. The van der Waals surface area contributed by atoms with Crippen molar-refractivity contribution >= 4 is 7.14 Å². The van der Waals surface area contributed by atoms with E-state index in [2.05, 4.69) is 20.8 Å². The lowest BCUT2D eigenvalue weighted by molar-refractivity contribution is 0.462. The van der Waals surface area contributed by atoms with Gasteiger partial charge in [-0.05, 0) is 18.2 Å². The zero-order chi connectivity index (χ0) is 8.41. The molecule has 0 fully saturated rings. The highest BCUT2D eigenvalue weighted by atomic mass is 31.2. The summed E-state index contributed by atoms with van der Waals surface area (Å²) in [5.41, 5.74) is 0.223. The van der Waals surface area contributed by atoms with Crippen LogP contribution in [0.5, 0.6) is 0 Å². The van der Waals surface area contributed by atoms with Gasteiger partial charge >= 0.3 is 0 Å². The second-order valence-corrected chi connectivity index (χ2v) is 7.87. The monoisotopic (exact) mass is 162 g/mol. The van der Waals surface area contributed by atoms with Crippen molar-refractivity contribution in [3.8, 4) is 0 Å². The molecule has 62 valence electrons. The van der Waals surface area contributed by atoms with Gasteiger partial charge in [0.1, 0.15) is 0 Å². The van der Waals surface area contributed by atoms with Crippen LogP contribution in [0.3, 0.4) is 0 Å². The van der Waals surface area contributed by atoms with Crippen molar-refractivity contribution in [2.45, 2.75) is 27.7 Å². The van der Waals surface area contributed by atoms with E-state index < -0.39 is 7.14 Å². The highest BCUT2D eigenvalue weighted by molar-refractivity contribution is 7.63. The lowest BCUT2D eigenvalue weighted by Gasteiger charge is -2.22. The minimum Gasteiger partial charge on any atom is -0.324 e. The van der Waals surface area contributed by atoms with E-state index in [1.807, 2.05) is 13.6 Å². The van der Waals surface area contributed by atoms with Gasteiger partial charge in [-0.25, -0.2) is 0 Å². The van der Waals surface area contributed by atoms with Crippen molar-refractivity contribution in [3.63, 3.8) is 0 Å². The van der Waals surface area contributed by atoms with Gasteiger partial charge in [0, 0.05) is 6.16 Å². The first kappa shape index (κ1) is 10.2.